The van der Waals surface area contributed by atoms with Gasteiger partial charge in [-0.3, -0.25) is 0 Å². The first-order valence-corrected chi connectivity index (χ1v) is 10.1. The molecule has 1 N–H and O–H groups in total. The van der Waals surface area contributed by atoms with Gasteiger partial charge in [-0.1, -0.05) is 49.2 Å². The summed E-state index contributed by atoms with van der Waals surface area (Å²) < 4.78 is 28.9. The Morgan fingerprint density at radius 3 is 2.35 bits per heavy atom. The van der Waals surface area contributed by atoms with Crippen LogP contribution < -0.4 is 4.72 Å². The fourth-order valence-electron chi connectivity index (χ4n) is 2.50. The van der Waals surface area contributed by atoms with Crippen molar-refractivity contribution in [1.29, 1.82) is 0 Å². The second kappa shape index (κ2) is 7.88. The molecule has 1 heterocycles. The molecule has 0 spiro atoms. The van der Waals surface area contributed by atoms with Crippen LogP contribution in [-0.2, 0) is 23.0 Å². The van der Waals surface area contributed by atoms with E-state index >= 15 is 0 Å². The smallest absolute Gasteiger partial charge is 0.246 e. The normalized spacial score (nSPS) is 11.5. The molecule has 3 rings (SSSR count). The number of halogens is 1. The number of nitrogens with zero attached hydrogens (tertiary/aromatic N) is 3. The number of anilines is 1. The lowest BCUT2D eigenvalue weighted by molar-refractivity contribution is 0.600. The first kappa shape index (κ1) is 18.4. The highest BCUT2D eigenvalue weighted by Gasteiger charge is 2.16. The van der Waals surface area contributed by atoms with Gasteiger partial charge in [0.05, 0.1) is 11.4 Å². The van der Waals surface area contributed by atoms with Crippen LogP contribution in [0.15, 0.2) is 59.8 Å². The van der Waals surface area contributed by atoms with E-state index in [1.807, 2.05) is 24.3 Å². The van der Waals surface area contributed by atoms with Crippen LogP contribution >= 0.6 is 11.6 Å². The van der Waals surface area contributed by atoms with Gasteiger partial charge in [0.25, 0.3) is 16.0 Å². The van der Waals surface area contributed by atoms with E-state index in [9.17, 15) is 8.42 Å². The molecule has 0 bridgehead atoms. The molecule has 0 unspecified atom stereocenters. The van der Waals surface area contributed by atoms with E-state index in [1.165, 1.54) is 6.33 Å². The molecule has 0 aliphatic heterocycles. The maximum Gasteiger partial charge on any atom is 0.264 e. The number of hydrogen-bond donors (Lipinski definition) is 1. The van der Waals surface area contributed by atoms with Crippen LogP contribution in [-0.4, -0.2) is 23.2 Å². The third kappa shape index (κ3) is 4.62. The Morgan fingerprint density at radius 1 is 1.04 bits per heavy atom. The zero-order valence-corrected chi connectivity index (χ0v) is 15.8. The first-order valence-electron chi connectivity index (χ1n) is 8.22. The molecule has 2 aromatic carbocycles. The van der Waals surface area contributed by atoms with Crippen molar-refractivity contribution >= 4 is 27.6 Å². The molecule has 26 heavy (non-hydrogen) atoms. The molecule has 0 saturated carbocycles. The van der Waals surface area contributed by atoms with Crippen molar-refractivity contribution in [3.63, 3.8) is 0 Å². The Balaban J connectivity index is 1.70. The minimum Gasteiger partial charge on any atom is -0.246 e. The van der Waals surface area contributed by atoms with Gasteiger partial charge in [-0.05, 0) is 41.8 Å². The van der Waals surface area contributed by atoms with E-state index in [1.54, 1.807) is 28.9 Å². The first-order chi connectivity index (χ1) is 12.5. The van der Waals surface area contributed by atoms with Crippen LogP contribution in [0.4, 0.5) is 5.95 Å². The van der Waals surface area contributed by atoms with Gasteiger partial charge in [0.15, 0.2) is 0 Å². The van der Waals surface area contributed by atoms with Crippen LogP contribution in [0, 0.1) is 0 Å². The molecular weight excluding hydrogens is 372 g/mol. The minimum atomic E-state index is -3.72. The molecule has 0 fully saturated rings. The van der Waals surface area contributed by atoms with Crippen LogP contribution in [0.5, 0.6) is 0 Å². The SMILES string of the molecule is CCCc1ccc(S(=O)(=O)Nc2ncn(Cc3ccc(Cl)cc3)n2)cc1. The third-order valence-corrected chi connectivity index (χ3v) is 5.39. The van der Waals surface area contributed by atoms with Crippen molar-refractivity contribution in [2.75, 3.05) is 4.72 Å². The van der Waals surface area contributed by atoms with Crippen molar-refractivity contribution < 1.29 is 8.42 Å². The second-order valence-corrected chi connectivity index (χ2v) is 8.01. The van der Waals surface area contributed by atoms with Gasteiger partial charge >= 0.3 is 0 Å². The van der Waals surface area contributed by atoms with Crippen molar-refractivity contribution in [3.05, 3.63) is 71.0 Å². The molecule has 0 amide bonds. The average molecular weight is 391 g/mol. The summed E-state index contributed by atoms with van der Waals surface area (Å²) in [6.45, 7) is 2.55. The van der Waals surface area contributed by atoms with Gasteiger partial charge in [0.2, 0.25) is 0 Å². The summed E-state index contributed by atoms with van der Waals surface area (Å²) in [5.41, 5.74) is 2.09. The summed E-state index contributed by atoms with van der Waals surface area (Å²) in [5.74, 6) is 0.0385. The fraction of sp³-hybridized carbons (Fsp3) is 0.222. The van der Waals surface area contributed by atoms with Gasteiger partial charge < -0.3 is 0 Å². The van der Waals surface area contributed by atoms with E-state index in [0.717, 1.165) is 24.0 Å². The largest absolute Gasteiger partial charge is 0.264 e. The standard InChI is InChI=1S/C18H19ClN4O2S/c1-2-3-14-6-10-17(11-7-14)26(24,25)22-18-20-13-23(21-18)12-15-4-8-16(19)9-5-15/h4-11,13H,2-3,12H2,1H3,(H,21,22). The second-order valence-electron chi connectivity index (χ2n) is 5.89. The summed E-state index contributed by atoms with van der Waals surface area (Å²) in [7, 11) is -3.72. The van der Waals surface area contributed by atoms with Crippen molar-refractivity contribution in [3.8, 4) is 0 Å². The Kier molecular flexibility index (Phi) is 5.58. The molecule has 0 atom stereocenters. The number of rotatable bonds is 7. The fourth-order valence-corrected chi connectivity index (χ4v) is 3.57. The van der Waals surface area contributed by atoms with E-state index in [0.29, 0.717) is 11.6 Å². The summed E-state index contributed by atoms with van der Waals surface area (Å²) in [4.78, 5) is 4.21. The lowest BCUT2D eigenvalue weighted by atomic mass is 10.1. The van der Waals surface area contributed by atoms with Crippen LogP contribution in [0.2, 0.25) is 5.02 Å². The summed E-state index contributed by atoms with van der Waals surface area (Å²) in [6, 6.07) is 14.2. The maximum atomic E-state index is 12.5. The lowest BCUT2D eigenvalue weighted by Gasteiger charge is -2.06. The Bertz CT molecular complexity index is 967. The quantitative estimate of drug-likeness (QED) is 0.666. The van der Waals surface area contributed by atoms with Gasteiger partial charge in [-0.15, -0.1) is 5.10 Å². The van der Waals surface area contributed by atoms with Gasteiger partial charge in [0.1, 0.15) is 6.33 Å². The van der Waals surface area contributed by atoms with Crippen molar-refractivity contribution in [2.45, 2.75) is 31.2 Å². The number of hydrogen-bond acceptors (Lipinski definition) is 4. The molecule has 0 saturated heterocycles. The highest BCUT2D eigenvalue weighted by atomic mass is 35.5. The molecule has 3 aromatic rings. The summed E-state index contributed by atoms with van der Waals surface area (Å²) in [6.07, 6.45) is 3.42. The van der Waals surface area contributed by atoms with Crippen LogP contribution in [0.1, 0.15) is 24.5 Å². The monoisotopic (exact) mass is 390 g/mol. The molecular formula is C18H19ClN4O2S. The zero-order chi connectivity index (χ0) is 18.6. The number of nitrogens with one attached hydrogen (secondary N) is 1. The van der Waals surface area contributed by atoms with E-state index in [4.69, 9.17) is 11.6 Å². The molecule has 136 valence electrons. The van der Waals surface area contributed by atoms with E-state index in [-0.39, 0.29) is 10.8 Å². The number of aromatic nitrogens is 3. The van der Waals surface area contributed by atoms with Crippen molar-refractivity contribution in [2.24, 2.45) is 0 Å². The van der Waals surface area contributed by atoms with Gasteiger partial charge in [0, 0.05) is 5.02 Å². The highest BCUT2D eigenvalue weighted by Crippen LogP contribution is 2.15. The molecule has 1 aromatic heterocycles. The van der Waals surface area contributed by atoms with Gasteiger partial charge in [-0.25, -0.2) is 17.8 Å². The van der Waals surface area contributed by atoms with E-state index < -0.39 is 10.0 Å². The average Bonchev–Trinajstić information content (AvgIpc) is 3.04. The predicted octanol–water partition coefficient (Wildman–Crippen LogP) is 3.73. The Hall–Kier alpha value is -2.38. The lowest BCUT2D eigenvalue weighted by Crippen LogP contribution is -2.14. The number of aryl methyl sites for hydroxylation is 1. The molecule has 8 heteroatoms. The van der Waals surface area contributed by atoms with Crippen LogP contribution in [0.25, 0.3) is 0 Å². The Morgan fingerprint density at radius 2 is 1.69 bits per heavy atom. The highest BCUT2D eigenvalue weighted by molar-refractivity contribution is 7.92. The predicted molar refractivity (Wildman–Crippen MR) is 102 cm³/mol. The van der Waals surface area contributed by atoms with Crippen LogP contribution in [0.3, 0.4) is 0 Å². The summed E-state index contributed by atoms with van der Waals surface area (Å²) in [5, 5.41) is 4.83. The molecule has 0 aliphatic rings. The van der Waals surface area contributed by atoms with Crippen molar-refractivity contribution in [1.82, 2.24) is 14.8 Å². The van der Waals surface area contributed by atoms with Gasteiger partial charge in [-0.2, -0.15) is 4.98 Å². The Labute approximate surface area is 157 Å². The maximum absolute atomic E-state index is 12.5. The molecule has 0 radical (unpaired) electrons. The number of sulfonamides is 1. The topological polar surface area (TPSA) is 76.9 Å². The summed E-state index contributed by atoms with van der Waals surface area (Å²) >= 11 is 5.87. The number of benzene rings is 2. The minimum absolute atomic E-state index is 0.0385. The molecule has 0 aliphatic carbocycles. The zero-order valence-electron chi connectivity index (χ0n) is 14.3. The molecule has 6 nitrogen and oxygen atoms in total. The third-order valence-electron chi connectivity index (χ3n) is 3.79. The van der Waals surface area contributed by atoms with E-state index in [2.05, 4.69) is 21.7 Å².